The third kappa shape index (κ3) is 3.77. The van der Waals surface area contributed by atoms with E-state index in [9.17, 15) is 19.1 Å². The molecule has 2 fully saturated rings. The monoisotopic (exact) mass is 491 g/mol. The van der Waals surface area contributed by atoms with E-state index >= 15 is 0 Å². The van der Waals surface area contributed by atoms with E-state index in [4.69, 9.17) is 4.42 Å². The molecule has 1 saturated carbocycles. The highest BCUT2D eigenvalue weighted by atomic mass is 19.1. The highest BCUT2D eigenvalue weighted by Gasteiger charge is 2.53. The van der Waals surface area contributed by atoms with Gasteiger partial charge in [-0.05, 0) is 69.0 Å². The van der Waals surface area contributed by atoms with Crippen LogP contribution in [-0.4, -0.2) is 48.2 Å². The fraction of sp³-hybridized carbons (Fsp3) is 0.385. The molecule has 6 rings (SSSR count). The molecule has 0 spiro atoms. The van der Waals surface area contributed by atoms with Crippen LogP contribution in [0.3, 0.4) is 0 Å². The molecule has 0 radical (unpaired) electrons. The van der Waals surface area contributed by atoms with E-state index in [1.165, 1.54) is 35.6 Å². The van der Waals surface area contributed by atoms with Gasteiger partial charge in [0.1, 0.15) is 12.1 Å². The van der Waals surface area contributed by atoms with Gasteiger partial charge in [-0.3, -0.25) is 18.7 Å². The van der Waals surface area contributed by atoms with Crippen molar-refractivity contribution in [3.8, 4) is 5.69 Å². The van der Waals surface area contributed by atoms with Gasteiger partial charge in [0.2, 0.25) is 5.78 Å². The van der Waals surface area contributed by atoms with Gasteiger partial charge in [0, 0.05) is 17.4 Å². The first kappa shape index (κ1) is 22.8. The molecule has 1 aliphatic heterocycles. The number of piperidine rings is 1. The molecular formula is C26H26FN5O4. The van der Waals surface area contributed by atoms with Crippen LogP contribution in [0.25, 0.3) is 16.7 Å². The van der Waals surface area contributed by atoms with Crippen LogP contribution in [0.4, 0.5) is 4.39 Å². The second-order valence-electron chi connectivity index (χ2n) is 9.89. The number of carbonyl (C=O) groups excluding carboxylic acids is 1. The first-order valence-electron chi connectivity index (χ1n) is 12.1. The summed E-state index contributed by atoms with van der Waals surface area (Å²) in [5.74, 6) is -1.07. The number of hydrogen-bond acceptors (Lipinski definition) is 7. The third-order valence-electron chi connectivity index (χ3n) is 7.46. The Morgan fingerprint density at radius 1 is 1.31 bits per heavy atom. The number of fused-ring (bicyclic) bond motifs is 1. The van der Waals surface area contributed by atoms with Gasteiger partial charge < -0.3 is 14.8 Å². The number of oxazole rings is 1. The Labute approximate surface area is 205 Å². The summed E-state index contributed by atoms with van der Waals surface area (Å²) in [4.78, 5) is 35.4. The van der Waals surface area contributed by atoms with E-state index < -0.39 is 11.5 Å². The molecule has 4 heterocycles. The van der Waals surface area contributed by atoms with Crippen molar-refractivity contribution in [1.29, 1.82) is 0 Å². The molecule has 1 aromatic carbocycles. The smallest absolute Gasteiger partial charge is 0.262 e. The van der Waals surface area contributed by atoms with Crippen molar-refractivity contribution in [3.05, 3.63) is 76.9 Å². The summed E-state index contributed by atoms with van der Waals surface area (Å²) in [6.45, 7) is 2.30. The minimum atomic E-state index is -1.48. The van der Waals surface area contributed by atoms with Crippen molar-refractivity contribution in [3.63, 3.8) is 0 Å². The van der Waals surface area contributed by atoms with Crippen LogP contribution in [0.1, 0.15) is 35.5 Å². The van der Waals surface area contributed by atoms with Crippen LogP contribution in [0.2, 0.25) is 0 Å². The minimum Gasteiger partial charge on any atom is -0.440 e. The summed E-state index contributed by atoms with van der Waals surface area (Å²) in [7, 11) is 0. The minimum absolute atomic E-state index is 0.0784. The van der Waals surface area contributed by atoms with E-state index in [0.717, 1.165) is 18.5 Å². The number of Topliss-reactive ketones (excluding diaryl/α,β-unsaturated/α-hetero) is 1. The first-order valence-corrected chi connectivity index (χ1v) is 12.1. The Morgan fingerprint density at radius 3 is 2.78 bits per heavy atom. The van der Waals surface area contributed by atoms with Crippen molar-refractivity contribution < 1.29 is 18.7 Å². The summed E-state index contributed by atoms with van der Waals surface area (Å²) < 4.78 is 21.9. The number of aromatic nitrogens is 4. The van der Waals surface area contributed by atoms with Gasteiger partial charge in [-0.2, -0.15) is 0 Å². The molecule has 186 valence electrons. The van der Waals surface area contributed by atoms with E-state index in [0.29, 0.717) is 35.6 Å². The Morgan fingerprint density at radius 2 is 2.08 bits per heavy atom. The number of halogens is 1. The molecule has 36 heavy (non-hydrogen) atoms. The predicted molar refractivity (Wildman–Crippen MR) is 128 cm³/mol. The second-order valence-corrected chi connectivity index (χ2v) is 9.89. The number of nitrogens with one attached hydrogen (secondary N) is 1. The topological polar surface area (TPSA) is 115 Å². The number of hydrogen-bond donors (Lipinski definition) is 2. The van der Waals surface area contributed by atoms with Crippen molar-refractivity contribution in [2.45, 2.75) is 44.4 Å². The van der Waals surface area contributed by atoms with Crippen molar-refractivity contribution in [2.24, 2.45) is 11.8 Å². The lowest BCUT2D eigenvalue weighted by atomic mass is 9.72. The maximum Gasteiger partial charge on any atom is 0.262 e. The van der Waals surface area contributed by atoms with Crippen LogP contribution >= 0.6 is 0 Å². The maximum atomic E-state index is 13.5. The van der Waals surface area contributed by atoms with Gasteiger partial charge in [0.05, 0.1) is 29.6 Å². The standard InChI is InChI=1S/C26H26FN5O4/c1-15-10-19-24(32(15)18-6-4-17(27)5-7-18)30-13-31(25(19)34)12-26(35)8-9-29-22(16-2-3-16)21(26)23(33)20-11-28-14-36-20/h4-7,10-11,13-14,16,21-22,29,35H,2-3,8-9,12H2,1H3. The molecule has 10 heteroatoms. The number of aryl methyl sites for hydroxylation is 1. The SMILES string of the molecule is Cc1cc2c(=O)n(CC3(O)CCNC(C4CC4)C3C(=O)c3cnco3)cnc2n1-c1ccc(F)cc1. The summed E-state index contributed by atoms with van der Waals surface area (Å²) in [6, 6.07) is 7.50. The van der Waals surface area contributed by atoms with E-state index in [1.807, 2.05) is 6.92 Å². The second kappa shape index (κ2) is 8.49. The van der Waals surface area contributed by atoms with Crippen LogP contribution in [0.5, 0.6) is 0 Å². The zero-order chi connectivity index (χ0) is 25.0. The fourth-order valence-electron chi connectivity index (χ4n) is 5.60. The average molecular weight is 492 g/mol. The number of ketones is 1. The largest absolute Gasteiger partial charge is 0.440 e. The summed E-state index contributed by atoms with van der Waals surface area (Å²) in [5.41, 5.74) is 0.116. The zero-order valence-electron chi connectivity index (χ0n) is 19.7. The molecule has 2 aliphatic rings. The molecule has 3 atom stereocenters. The summed E-state index contributed by atoms with van der Waals surface area (Å²) in [6.07, 6.45) is 6.23. The molecular weight excluding hydrogens is 465 g/mol. The molecule has 1 aliphatic carbocycles. The molecule has 3 aromatic heterocycles. The summed E-state index contributed by atoms with van der Waals surface area (Å²) in [5, 5.41) is 15.7. The predicted octanol–water partition coefficient (Wildman–Crippen LogP) is 2.62. The Kier molecular flexibility index (Phi) is 5.38. The molecule has 4 aromatic rings. The lowest BCUT2D eigenvalue weighted by Gasteiger charge is -2.44. The highest BCUT2D eigenvalue weighted by Crippen LogP contribution is 2.43. The van der Waals surface area contributed by atoms with Gasteiger partial charge in [0.15, 0.2) is 17.8 Å². The van der Waals surface area contributed by atoms with Crippen molar-refractivity contribution >= 4 is 16.8 Å². The van der Waals surface area contributed by atoms with Crippen LogP contribution in [0.15, 0.2) is 58.5 Å². The van der Waals surface area contributed by atoms with Crippen molar-refractivity contribution in [2.75, 3.05) is 6.54 Å². The van der Waals surface area contributed by atoms with Gasteiger partial charge in [0.25, 0.3) is 5.56 Å². The fourth-order valence-corrected chi connectivity index (χ4v) is 5.60. The van der Waals surface area contributed by atoms with Gasteiger partial charge in [-0.25, -0.2) is 14.4 Å². The number of nitrogens with zero attached hydrogens (tertiary/aromatic N) is 4. The van der Waals surface area contributed by atoms with Crippen LogP contribution in [0, 0.1) is 24.6 Å². The quantitative estimate of drug-likeness (QED) is 0.399. The van der Waals surface area contributed by atoms with Crippen molar-refractivity contribution in [1.82, 2.24) is 24.4 Å². The molecule has 1 saturated heterocycles. The van der Waals surface area contributed by atoms with Crippen LogP contribution in [-0.2, 0) is 6.54 Å². The van der Waals surface area contributed by atoms with E-state index in [2.05, 4.69) is 15.3 Å². The third-order valence-corrected chi connectivity index (χ3v) is 7.46. The molecule has 2 N–H and O–H groups in total. The molecule has 0 bridgehead atoms. The van der Waals surface area contributed by atoms with Crippen LogP contribution < -0.4 is 10.9 Å². The molecule has 3 unspecified atom stereocenters. The lowest BCUT2D eigenvalue weighted by molar-refractivity contribution is -0.0625. The first-order chi connectivity index (χ1) is 17.4. The van der Waals surface area contributed by atoms with Gasteiger partial charge >= 0.3 is 0 Å². The van der Waals surface area contributed by atoms with Gasteiger partial charge in [-0.15, -0.1) is 0 Å². The highest BCUT2D eigenvalue weighted by molar-refractivity contribution is 5.96. The maximum absolute atomic E-state index is 13.5. The number of benzene rings is 1. The lowest BCUT2D eigenvalue weighted by Crippen LogP contribution is -2.62. The zero-order valence-corrected chi connectivity index (χ0v) is 19.7. The Bertz CT molecular complexity index is 1490. The normalized spacial score (nSPS) is 24.3. The van der Waals surface area contributed by atoms with Gasteiger partial charge in [-0.1, -0.05) is 0 Å². The number of aliphatic hydroxyl groups is 1. The number of rotatable bonds is 6. The average Bonchev–Trinajstić information content (AvgIpc) is 3.44. The number of carbonyl (C=O) groups is 1. The van der Waals surface area contributed by atoms with E-state index in [1.54, 1.807) is 22.8 Å². The Hall–Kier alpha value is -3.63. The molecule has 0 amide bonds. The summed E-state index contributed by atoms with van der Waals surface area (Å²) >= 11 is 0. The molecule has 9 nitrogen and oxygen atoms in total. The Balaban J connectivity index is 1.39. The van der Waals surface area contributed by atoms with E-state index in [-0.39, 0.29) is 35.5 Å².